The number of hydrogen-bond acceptors (Lipinski definition) is 4. The Morgan fingerprint density at radius 2 is 2.11 bits per heavy atom. The summed E-state index contributed by atoms with van der Waals surface area (Å²) in [6.07, 6.45) is 3.98. The summed E-state index contributed by atoms with van der Waals surface area (Å²) in [5, 5.41) is 3.30. The second kappa shape index (κ2) is 5.67. The van der Waals surface area contributed by atoms with Crippen LogP contribution in [0.15, 0.2) is 24.5 Å². The highest BCUT2D eigenvalue weighted by Crippen LogP contribution is 2.11. The van der Waals surface area contributed by atoms with Crippen LogP contribution in [0.4, 0.5) is 0 Å². The second-order valence-corrected chi connectivity index (χ2v) is 5.27. The number of carbonyl (C=O) groups is 1. The number of pyridine rings is 1. The predicted octanol–water partition coefficient (Wildman–Crippen LogP) is -0.260. The van der Waals surface area contributed by atoms with E-state index in [1.165, 1.54) is 0 Å². The van der Waals surface area contributed by atoms with Gasteiger partial charge < -0.3 is 10.2 Å². The molecule has 2 saturated heterocycles. The molecule has 2 aliphatic rings. The quantitative estimate of drug-likeness (QED) is 0.813. The fraction of sp³-hybridized carbons (Fsp3) is 0.571. The molecule has 1 N–H and O–H groups in total. The van der Waals surface area contributed by atoms with Crippen LogP contribution < -0.4 is 5.32 Å². The Morgan fingerprint density at radius 1 is 1.32 bits per heavy atom. The van der Waals surface area contributed by atoms with Gasteiger partial charge in [-0.25, -0.2) is 0 Å². The Bertz CT molecular complexity index is 424. The van der Waals surface area contributed by atoms with Crippen molar-refractivity contribution in [2.24, 2.45) is 0 Å². The molecule has 1 aromatic rings. The SMILES string of the molecule is O=C(Cc1cccnc1)N1CCN(C2CNC2)CC1. The number of piperazine rings is 1. The van der Waals surface area contributed by atoms with E-state index in [1.54, 1.807) is 12.4 Å². The van der Waals surface area contributed by atoms with Crippen LogP contribution in [0.5, 0.6) is 0 Å². The molecular formula is C14H20N4O. The summed E-state index contributed by atoms with van der Waals surface area (Å²) >= 11 is 0. The Balaban J connectivity index is 1.49. The van der Waals surface area contributed by atoms with Gasteiger partial charge in [-0.3, -0.25) is 14.7 Å². The molecule has 2 fully saturated rings. The first-order valence-corrected chi connectivity index (χ1v) is 6.94. The van der Waals surface area contributed by atoms with Gasteiger partial charge in [0.25, 0.3) is 0 Å². The molecule has 19 heavy (non-hydrogen) atoms. The van der Waals surface area contributed by atoms with Gasteiger partial charge in [-0.15, -0.1) is 0 Å². The molecule has 0 saturated carbocycles. The number of hydrogen-bond donors (Lipinski definition) is 1. The maximum atomic E-state index is 12.2. The lowest BCUT2D eigenvalue weighted by atomic mass is 10.1. The predicted molar refractivity (Wildman–Crippen MR) is 72.8 cm³/mol. The Kier molecular flexibility index (Phi) is 3.75. The van der Waals surface area contributed by atoms with Crippen LogP contribution in [0.2, 0.25) is 0 Å². The van der Waals surface area contributed by atoms with E-state index in [-0.39, 0.29) is 5.91 Å². The highest BCUT2D eigenvalue weighted by Gasteiger charge is 2.28. The summed E-state index contributed by atoms with van der Waals surface area (Å²) in [7, 11) is 0. The van der Waals surface area contributed by atoms with Crippen molar-refractivity contribution in [3.63, 3.8) is 0 Å². The highest BCUT2D eigenvalue weighted by atomic mass is 16.2. The minimum atomic E-state index is 0.222. The van der Waals surface area contributed by atoms with Gasteiger partial charge in [0.15, 0.2) is 0 Å². The molecule has 2 aliphatic heterocycles. The second-order valence-electron chi connectivity index (χ2n) is 5.27. The topological polar surface area (TPSA) is 48.5 Å². The maximum absolute atomic E-state index is 12.2. The van der Waals surface area contributed by atoms with Gasteiger partial charge in [0.2, 0.25) is 5.91 Å². The van der Waals surface area contributed by atoms with Crippen LogP contribution in [-0.4, -0.2) is 66.0 Å². The lowest BCUT2D eigenvalue weighted by molar-refractivity contribution is -0.132. The highest BCUT2D eigenvalue weighted by molar-refractivity contribution is 5.78. The molecule has 5 heteroatoms. The number of amides is 1. The first-order valence-electron chi connectivity index (χ1n) is 6.94. The van der Waals surface area contributed by atoms with Crippen LogP contribution >= 0.6 is 0 Å². The van der Waals surface area contributed by atoms with Crippen LogP contribution in [0.3, 0.4) is 0 Å². The molecule has 0 spiro atoms. The minimum Gasteiger partial charge on any atom is -0.340 e. The van der Waals surface area contributed by atoms with Crippen LogP contribution in [0.1, 0.15) is 5.56 Å². The molecule has 0 aromatic carbocycles. The van der Waals surface area contributed by atoms with Crippen molar-refractivity contribution in [3.8, 4) is 0 Å². The van der Waals surface area contributed by atoms with Gasteiger partial charge in [-0.2, -0.15) is 0 Å². The van der Waals surface area contributed by atoms with Crippen molar-refractivity contribution in [1.82, 2.24) is 20.1 Å². The number of rotatable bonds is 3. The monoisotopic (exact) mass is 260 g/mol. The number of aromatic nitrogens is 1. The Hall–Kier alpha value is -1.46. The number of nitrogens with one attached hydrogen (secondary N) is 1. The van der Waals surface area contributed by atoms with E-state index in [1.807, 2.05) is 17.0 Å². The Labute approximate surface area is 113 Å². The molecule has 0 radical (unpaired) electrons. The standard InChI is InChI=1S/C14H20N4O/c19-14(8-12-2-1-3-15-9-12)18-6-4-17(5-7-18)13-10-16-11-13/h1-3,9,13,16H,4-8,10-11H2. The maximum Gasteiger partial charge on any atom is 0.227 e. The molecule has 102 valence electrons. The normalized spacial score (nSPS) is 21.2. The molecule has 5 nitrogen and oxygen atoms in total. The molecule has 1 amide bonds. The summed E-state index contributed by atoms with van der Waals surface area (Å²) in [5.41, 5.74) is 0.998. The molecule has 0 atom stereocenters. The van der Waals surface area contributed by atoms with E-state index in [9.17, 15) is 4.79 Å². The van der Waals surface area contributed by atoms with Crippen LogP contribution in [-0.2, 0) is 11.2 Å². The van der Waals surface area contributed by atoms with Crippen molar-refractivity contribution in [3.05, 3.63) is 30.1 Å². The minimum absolute atomic E-state index is 0.222. The van der Waals surface area contributed by atoms with Crippen molar-refractivity contribution >= 4 is 5.91 Å². The van der Waals surface area contributed by atoms with Crippen molar-refractivity contribution in [1.29, 1.82) is 0 Å². The first kappa shape index (κ1) is 12.6. The van der Waals surface area contributed by atoms with Crippen LogP contribution in [0, 0.1) is 0 Å². The van der Waals surface area contributed by atoms with Gasteiger partial charge >= 0.3 is 0 Å². The van der Waals surface area contributed by atoms with E-state index in [0.29, 0.717) is 12.5 Å². The van der Waals surface area contributed by atoms with Crippen molar-refractivity contribution in [2.75, 3.05) is 39.3 Å². The number of nitrogens with zero attached hydrogens (tertiary/aromatic N) is 3. The third-order valence-electron chi connectivity index (χ3n) is 4.02. The molecular weight excluding hydrogens is 240 g/mol. The van der Waals surface area contributed by atoms with E-state index in [2.05, 4.69) is 15.2 Å². The fourth-order valence-electron chi connectivity index (χ4n) is 2.66. The third kappa shape index (κ3) is 2.93. The number of carbonyl (C=O) groups excluding carboxylic acids is 1. The van der Waals surface area contributed by atoms with Crippen LogP contribution in [0.25, 0.3) is 0 Å². The molecule has 1 aromatic heterocycles. The summed E-state index contributed by atoms with van der Waals surface area (Å²) in [6, 6.07) is 4.53. The summed E-state index contributed by atoms with van der Waals surface area (Å²) < 4.78 is 0. The average molecular weight is 260 g/mol. The molecule has 0 aliphatic carbocycles. The zero-order valence-electron chi connectivity index (χ0n) is 11.1. The molecule has 0 unspecified atom stereocenters. The lowest BCUT2D eigenvalue weighted by Crippen LogP contribution is -2.62. The third-order valence-corrected chi connectivity index (χ3v) is 4.02. The van der Waals surface area contributed by atoms with Gasteiger partial charge in [-0.05, 0) is 11.6 Å². The molecule has 3 rings (SSSR count). The van der Waals surface area contributed by atoms with Crippen molar-refractivity contribution < 1.29 is 4.79 Å². The largest absolute Gasteiger partial charge is 0.340 e. The van der Waals surface area contributed by atoms with Gasteiger partial charge in [0, 0.05) is 57.7 Å². The van der Waals surface area contributed by atoms with Gasteiger partial charge in [0.1, 0.15) is 0 Å². The zero-order valence-corrected chi connectivity index (χ0v) is 11.1. The first-order chi connectivity index (χ1) is 9.33. The van der Waals surface area contributed by atoms with Gasteiger partial charge in [-0.1, -0.05) is 6.07 Å². The van der Waals surface area contributed by atoms with E-state index in [4.69, 9.17) is 0 Å². The van der Waals surface area contributed by atoms with E-state index in [0.717, 1.165) is 44.8 Å². The summed E-state index contributed by atoms with van der Waals surface area (Å²) in [5.74, 6) is 0.222. The Morgan fingerprint density at radius 3 is 2.68 bits per heavy atom. The smallest absolute Gasteiger partial charge is 0.227 e. The van der Waals surface area contributed by atoms with E-state index >= 15 is 0 Å². The summed E-state index contributed by atoms with van der Waals surface area (Å²) in [4.78, 5) is 20.7. The van der Waals surface area contributed by atoms with E-state index < -0.39 is 0 Å². The van der Waals surface area contributed by atoms with Crippen molar-refractivity contribution in [2.45, 2.75) is 12.5 Å². The zero-order chi connectivity index (χ0) is 13.1. The molecule has 0 bridgehead atoms. The average Bonchev–Trinajstić information content (AvgIpc) is 2.39. The molecule has 3 heterocycles. The fourth-order valence-corrected chi connectivity index (χ4v) is 2.66. The summed E-state index contributed by atoms with van der Waals surface area (Å²) in [6.45, 7) is 5.93. The lowest BCUT2D eigenvalue weighted by Gasteiger charge is -2.43. The van der Waals surface area contributed by atoms with Gasteiger partial charge in [0.05, 0.1) is 6.42 Å².